The largest absolute Gasteiger partial charge is 0.488 e. The Morgan fingerprint density at radius 1 is 1.07 bits per heavy atom. The third-order valence-corrected chi connectivity index (χ3v) is 11.4. The molecule has 6 nitrogen and oxygen atoms in total. The molecule has 1 saturated carbocycles. The quantitative estimate of drug-likeness (QED) is 0.642. The number of hydrogen-bond acceptors (Lipinski definition) is 6. The molecule has 0 N–H and O–H groups in total. The predicted molar refractivity (Wildman–Crippen MR) is 57.3 cm³/mol. The van der Waals surface area contributed by atoms with Crippen LogP contribution < -0.4 is 0 Å². The van der Waals surface area contributed by atoms with Gasteiger partial charge < -0.3 is 25.6 Å². The fourth-order valence-electron chi connectivity index (χ4n) is 1.54. The minimum Gasteiger partial charge on any atom is -0.380 e. The molecule has 2 atom stereocenters. The first-order valence-corrected chi connectivity index (χ1v) is 9.49. The molecule has 2 rings (SSSR count). The monoisotopic (exact) mass is 268 g/mol. The van der Waals surface area contributed by atoms with Gasteiger partial charge in [-0.25, -0.2) is 0 Å². The maximum Gasteiger partial charge on any atom is 0.488 e. The molecule has 9 heteroatoms. The van der Waals surface area contributed by atoms with E-state index in [0.29, 0.717) is 5.54 Å². The van der Waals surface area contributed by atoms with Gasteiger partial charge in [-0.15, -0.1) is 0 Å². The molecule has 88 valence electrons. The topological polar surface area (TPSA) is 55.4 Å². The lowest BCUT2D eigenvalue weighted by atomic mass is 11.0. The Hall–Kier alpha value is 0.411. The molecule has 0 aromatic rings. The molecule has 1 aliphatic carbocycles. The summed E-state index contributed by atoms with van der Waals surface area (Å²) in [6.45, 7) is 0. The van der Waals surface area contributed by atoms with Gasteiger partial charge in [-0.2, -0.15) is 0 Å². The van der Waals surface area contributed by atoms with Gasteiger partial charge in [0.05, 0.1) is 0 Å². The van der Waals surface area contributed by atoms with Crippen molar-refractivity contribution in [3.8, 4) is 0 Å². The molecular formula is C6H16O6Si3. The van der Waals surface area contributed by atoms with Gasteiger partial charge in [0.25, 0.3) is 0 Å². The van der Waals surface area contributed by atoms with Crippen molar-refractivity contribution >= 4 is 27.9 Å². The van der Waals surface area contributed by atoms with Crippen LogP contribution >= 0.6 is 0 Å². The Balaban J connectivity index is 2.08. The Labute approximate surface area is 93.7 Å². The minimum atomic E-state index is -2.54. The van der Waals surface area contributed by atoms with Crippen LogP contribution in [0.5, 0.6) is 0 Å². The van der Waals surface area contributed by atoms with E-state index in [1.807, 2.05) is 0 Å². The fourth-order valence-corrected chi connectivity index (χ4v) is 11.8. The van der Waals surface area contributed by atoms with Crippen LogP contribution in [0.15, 0.2) is 0 Å². The van der Waals surface area contributed by atoms with Crippen molar-refractivity contribution in [3.05, 3.63) is 0 Å². The van der Waals surface area contributed by atoms with Crippen molar-refractivity contribution < 1.29 is 25.6 Å². The summed E-state index contributed by atoms with van der Waals surface area (Å²) in [5, 5.41) is 0. The van der Waals surface area contributed by atoms with Crippen LogP contribution in [0.4, 0.5) is 0 Å². The van der Waals surface area contributed by atoms with E-state index in [1.165, 1.54) is 0 Å². The maximum atomic E-state index is 5.77. The highest BCUT2D eigenvalue weighted by Gasteiger charge is 2.60. The first kappa shape index (κ1) is 11.9. The average molecular weight is 268 g/mol. The van der Waals surface area contributed by atoms with Crippen LogP contribution in [0.3, 0.4) is 0 Å². The molecule has 1 heterocycles. The highest BCUT2D eigenvalue weighted by Crippen LogP contribution is 2.47. The standard InChI is InChI=1S/C6H16O6Si3/c1-7-13-10-14(8-2)12-15(9-3,11-13)6-4-5-6/h6,13-14H,4-5H2,1-3H3. The summed E-state index contributed by atoms with van der Waals surface area (Å²) in [5.74, 6) is 0. The molecule has 1 aliphatic heterocycles. The van der Waals surface area contributed by atoms with Gasteiger partial charge in [-0.05, 0) is 12.8 Å². The second-order valence-corrected chi connectivity index (χ2v) is 11.0. The lowest BCUT2D eigenvalue weighted by molar-refractivity contribution is 0.0728. The third-order valence-electron chi connectivity index (χ3n) is 2.49. The van der Waals surface area contributed by atoms with Gasteiger partial charge in [-0.1, -0.05) is 0 Å². The van der Waals surface area contributed by atoms with Crippen molar-refractivity contribution in [2.45, 2.75) is 18.4 Å². The molecule has 2 unspecified atom stereocenters. The first-order valence-electron chi connectivity index (χ1n) is 4.86. The van der Waals surface area contributed by atoms with E-state index in [2.05, 4.69) is 0 Å². The highest BCUT2D eigenvalue weighted by molar-refractivity contribution is 6.78. The van der Waals surface area contributed by atoms with Crippen LogP contribution in [-0.2, 0) is 25.6 Å². The fraction of sp³-hybridized carbons (Fsp3) is 1.00. The van der Waals surface area contributed by atoms with E-state index in [9.17, 15) is 0 Å². The summed E-state index contributed by atoms with van der Waals surface area (Å²) >= 11 is 0. The smallest absolute Gasteiger partial charge is 0.380 e. The van der Waals surface area contributed by atoms with Crippen LogP contribution in [-0.4, -0.2) is 49.2 Å². The zero-order chi connectivity index (χ0) is 10.9. The molecule has 1 saturated heterocycles. The first-order chi connectivity index (χ1) is 7.24. The molecule has 0 radical (unpaired) electrons. The second-order valence-electron chi connectivity index (χ2n) is 3.50. The summed E-state index contributed by atoms with van der Waals surface area (Å²) in [7, 11) is -1.91. The Bertz CT molecular complexity index is 213. The zero-order valence-electron chi connectivity index (χ0n) is 9.10. The van der Waals surface area contributed by atoms with Gasteiger partial charge in [0.1, 0.15) is 0 Å². The van der Waals surface area contributed by atoms with Gasteiger partial charge in [0.2, 0.25) is 0 Å². The number of hydrogen-bond donors (Lipinski definition) is 0. The van der Waals surface area contributed by atoms with E-state index < -0.39 is 27.9 Å². The van der Waals surface area contributed by atoms with Crippen molar-refractivity contribution in [1.29, 1.82) is 0 Å². The average Bonchev–Trinajstić information content (AvgIpc) is 3.12. The van der Waals surface area contributed by atoms with E-state index in [1.54, 1.807) is 21.3 Å². The van der Waals surface area contributed by atoms with Crippen LogP contribution in [0.2, 0.25) is 5.54 Å². The van der Waals surface area contributed by atoms with Gasteiger partial charge in [-0.3, -0.25) is 0 Å². The molecule has 2 aliphatic rings. The number of rotatable bonds is 4. The van der Waals surface area contributed by atoms with E-state index in [-0.39, 0.29) is 0 Å². The predicted octanol–water partition coefficient (Wildman–Crippen LogP) is -0.474. The molecular weight excluding hydrogens is 252 g/mol. The molecule has 0 aromatic carbocycles. The molecule has 15 heavy (non-hydrogen) atoms. The lowest BCUT2D eigenvalue weighted by Gasteiger charge is -2.38. The van der Waals surface area contributed by atoms with Crippen molar-refractivity contribution in [2.24, 2.45) is 0 Å². The Morgan fingerprint density at radius 3 is 1.93 bits per heavy atom. The van der Waals surface area contributed by atoms with Crippen LogP contribution in [0, 0.1) is 0 Å². The Kier molecular flexibility index (Phi) is 3.75. The summed E-state index contributed by atoms with van der Waals surface area (Å²) in [5.41, 5.74) is 0.418. The summed E-state index contributed by atoms with van der Waals surface area (Å²) in [6.07, 6.45) is 2.21. The van der Waals surface area contributed by atoms with E-state index >= 15 is 0 Å². The van der Waals surface area contributed by atoms with Crippen molar-refractivity contribution in [3.63, 3.8) is 0 Å². The van der Waals surface area contributed by atoms with Crippen molar-refractivity contribution in [1.82, 2.24) is 0 Å². The van der Waals surface area contributed by atoms with Gasteiger partial charge >= 0.3 is 27.9 Å². The highest BCUT2D eigenvalue weighted by atomic mass is 28.5. The molecule has 0 spiro atoms. The zero-order valence-corrected chi connectivity index (χ0v) is 12.4. The van der Waals surface area contributed by atoms with Crippen LogP contribution in [0.1, 0.15) is 12.8 Å². The molecule has 0 amide bonds. The second kappa shape index (κ2) is 4.73. The normalized spacial score (nSPS) is 41.8. The van der Waals surface area contributed by atoms with Gasteiger partial charge in [0.15, 0.2) is 0 Å². The molecule has 0 aromatic heterocycles. The minimum absolute atomic E-state index is 0.418. The summed E-state index contributed by atoms with van der Waals surface area (Å²) in [6, 6.07) is 0. The van der Waals surface area contributed by atoms with Crippen LogP contribution in [0.25, 0.3) is 0 Å². The van der Waals surface area contributed by atoms with E-state index in [4.69, 9.17) is 25.6 Å². The van der Waals surface area contributed by atoms with Crippen molar-refractivity contribution in [2.75, 3.05) is 21.3 Å². The van der Waals surface area contributed by atoms with Gasteiger partial charge in [0, 0.05) is 26.9 Å². The Morgan fingerprint density at radius 2 is 1.60 bits per heavy atom. The summed E-state index contributed by atoms with van der Waals surface area (Å²) < 4.78 is 32.9. The molecule has 0 bridgehead atoms. The lowest BCUT2D eigenvalue weighted by Crippen LogP contribution is -2.61. The maximum absolute atomic E-state index is 5.77. The molecule has 2 fully saturated rings. The summed E-state index contributed by atoms with van der Waals surface area (Å²) in [4.78, 5) is 0. The van der Waals surface area contributed by atoms with E-state index in [0.717, 1.165) is 12.8 Å². The SMILES string of the molecule is CO[SiH]1O[SiH](OC)O[Si](OC)(C2CC2)O1. The third kappa shape index (κ3) is 2.40.